The summed E-state index contributed by atoms with van der Waals surface area (Å²) >= 11 is 1.84. The Kier molecular flexibility index (Phi) is 5.51. The van der Waals surface area contributed by atoms with E-state index in [0.29, 0.717) is 0 Å². The number of fused-ring (bicyclic) bond motifs is 8. The molecule has 8 aromatic carbocycles. The molecule has 0 saturated heterocycles. The Morgan fingerprint density at radius 3 is 1.70 bits per heavy atom. The Bertz CT molecular complexity index is 2740. The van der Waals surface area contributed by atoms with Gasteiger partial charge < -0.3 is 4.42 Å². The highest BCUT2D eigenvalue weighted by Crippen LogP contribution is 2.47. The number of furan rings is 1. The fourth-order valence-corrected chi connectivity index (χ4v) is 8.59. The standard InChI is InChI=1S/C44H26OS/c1-2-11-28(12-3-1)38-26-45-44-36(38)22-23-39-43(44)37-21-20-31(25-40(37)46-39)42-34-16-8-6-14-32(34)41(33-15-7-9-17-35(33)42)30-19-18-27-10-4-5-13-29(27)24-30/h1-26H. The summed E-state index contributed by atoms with van der Waals surface area (Å²) in [7, 11) is 0. The first kappa shape index (κ1) is 25.6. The first-order valence-corrected chi connectivity index (χ1v) is 16.5. The summed E-state index contributed by atoms with van der Waals surface area (Å²) < 4.78 is 8.82. The van der Waals surface area contributed by atoms with Crippen molar-refractivity contribution in [2.75, 3.05) is 0 Å². The van der Waals surface area contributed by atoms with Crippen molar-refractivity contribution in [3.63, 3.8) is 0 Å². The van der Waals surface area contributed by atoms with Crippen LogP contribution in [0.1, 0.15) is 0 Å². The van der Waals surface area contributed by atoms with E-state index in [1.54, 1.807) is 0 Å². The van der Waals surface area contributed by atoms with Crippen LogP contribution in [0.2, 0.25) is 0 Å². The van der Waals surface area contributed by atoms with Crippen molar-refractivity contribution in [2.24, 2.45) is 0 Å². The van der Waals surface area contributed by atoms with Gasteiger partial charge in [-0.25, -0.2) is 0 Å². The van der Waals surface area contributed by atoms with E-state index in [9.17, 15) is 0 Å². The molecule has 2 heteroatoms. The largest absolute Gasteiger partial charge is 0.463 e. The average molecular weight is 603 g/mol. The normalized spacial score (nSPS) is 11.9. The Balaban J connectivity index is 1.22. The molecule has 2 aromatic heterocycles. The quantitative estimate of drug-likeness (QED) is 0.183. The SMILES string of the molecule is c1ccc(-c2coc3c2ccc2sc4cc(-c5c6ccccc6c(-c6ccc7ccccc7c6)c6ccccc56)ccc4c23)cc1. The Morgan fingerprint density at radius 2 is 0.978 bits per heavy atom. The predicted molar refractivity (Wildman–Crippen MR) is 198 cm³/mol. The van der Waals surface area contributed by atoms with E-state index in [1.165, 1.54) is 80.3 Å². The van der Waals surface area contributed by atoms with Gasteiger partial charge in [0, 0.05) is 31.1 Å². The van der Waals surface area contributed by atoms with Gasteiger partial charge in [-0.15, -0.1) is 11.3 Å². The smallest absolute Gasteiger partial charge is 0.143 e. The molecule has 46 heavy (non-hydrogen) atoms. The van der Waals surface area contributed by atoms with Gasteiger partial charge in [0.2, 0.25) is 0 Å². The third-order valence-electron chi connectivity index (χ3n) is 9.52. The molecule has 0 fully saturated rings. The maximum atomic E-state index is 6.30. The van der Waals surface area contributed by atoms with E-state index in [1.807, 2.05) is 17.6 Å². The second-order valence-electron chi connectivity index (χ2n) is 12.0. The number of rotatable bonds is 3. The first-order valence-electron chi connectivity index (χ1n) is 15.7. The molecular weight excluding hydrogens is 577 g/mol. The minimum atomic E-state index is 0.964. The lowest BCUT2D eigenvalue weighted by molar-refractivity contribution is 0.620. The van der Waals surface area contributed by atoms with Gasteiger partial charge in [0.15, 0.2) is 0 Å². The van der Waals surface area contributed by atoms with E-state index in [0.717, 1.165) is 16.5 Å². The first-order chi connectivity index (χ1) is 22.8. The van der Waals surface area contributed by atoms with E-state index in [4.69, 9.17) is 4.42 Å². The molecule has 0 aliphatic carbocycles. The van der Waals surface area contributed by atoms with Crippen molar-refractivity contribution < 1.29 is 4.42 Å². The minimum Gasteiger partial charge on any atom is -0.463 e. The van der Waals surface area contributed by atoms with Crippen LogP contribution in [0, 0.1) is 0 Å². The molecule has 0 bridgehead atoms. The van der Waals surface area contributed by atoms with Crippen molar-refractivity contribution in [3.05, 3.63) is 158 Å². The van der Waals surface area contributed by atoms with Crippen LogP contribution in [0.5, 0.6) is 0 Å². The predicted octanol–water partition coefficient (Wildman–Crippen LogP) is 13.3. The van der Waals surface area contributed by atoms with Crippen molar-refractivity contribution in [1.82, 2.24) is 0 Å². The summed E-state index contributed by atoms with van der Waals surface area (Å²) in [5.74, 6) is 0. The lowest BCUT2D eigenvalue weighted by atomic mass is 9.85. The zero-order valence-corrected chi connectivity index (χ0v) is 25.6. The van der Waals surface area contributed by atoms with Gasteiger partial charge in [-0.05, 0) is 84.4 Å². The molecule has 0 N–H and O–H groups in total. The highest BCUT2D eigenvalue weighted by atomic mass is 32.1. The zero-order chi connectivity index (χ0) is 30.2. The van der Waals surface area contributed by atoms with E-state index < -0.39 is 0 Å². The molecule has 0 amide bonds. The lowest BCUT2D eigenvalue weighted by Crippen LogP contribution is -1.90. The molecule has 0 radical (unpaired) electrons. The number of hydrogen-bond donors (Lipinski definition) is 0. The topological polar surface area (TPSA) is 13.1 Å². The second-order valence-corrected chi connectivity index (χ2v) is 13.1. The molecule has 0 atom stereocenters. The summed E-state index contributed by atoms with van der Waals surface area (Å²) in [6.07, 6.45) is 1.91. The van der Waals surface area contributed by atoms with Gasteiger partial charge in [-0.3, -0.25) is 0 Å². The lowest BCUT2D eigenvalue weighted by Gasteiger charge is -2.18. The van der Waals surface area contributed by atoms with Crippen LogP contribution in [-0.4, -0.2) is 0 Å². The molecule has 10 aromatic rings. The minimum absolute atomic E-state index is 0.964. The third kappa shape index (κ3) is 3.74. The van der Waals surface area contributed by atoms with Gasteiger partial charge in [0.1, 0.15) is 5.58 Å². The maximum Gasteiger partial charge on any atom is 0.143 e. The van der Waals surface area contributed by atoms with Crippen LogP contribution in [-0.2, 0) is 0 Å². The molecule has 0 unspecified atom stereocenters. The van der Waals surface area contributed by atoms with Crippen LogP contribution >= 0.6 is 11.3 Å². The molecule has 0 spiro atoms. The zero-order valence-electron chi connectivity index (χ0n) is 24.8. The number of hydrogen-bond acceptors (Lipinski definition) is 2. The van der Waals surface area contributed by atoms with Gasteiger partial charge in [0.25, 0.3) is 0 Å². The van der Waals surface area contributed by atoms with Gasteiger partial charge >= 0.3 is 0 Å². The molecule has 1 nitrogen and oxygen atoms in total. The van der Waals surface area contributed by atoms with Crippen LogP contribution < -0.4 is 0 Å². The van der Waals surface area contributed by atoms with Crippen LogP contribution in [0.4, 0.5) is 0 Å². The molecule has 0 aliphatic rings. The monoisotopic (exact) mass is 602 g/mol. The number of thiophene rings is 1. The fraction of sp³-hybridized carbons (Fsp3) is 0. The molecular formula is C44H26OS. The Labute approximate surface area is 269 Å². The second kappa shape index (κ2) is 9.90. The van der Waals surface area contributed by atoms with E-state index in [2.05, 4.69) is 152 Å². The maximum absolute atomic E-state index is 6.30. The highest BCUT2D eigenvalue weighted by Gasteiger charge is 2.19. The highest BCUT2D eigenvalue weighted by molar-refractivity contribution is 7.26. The summed E-state index contributed by atoms with van der Waals surface area (Å²) in [5.41, 5.74) is 8.33. The summed E-state index contributed by atoms with van der Waals surface area (Å²) in [5, 5.41) is 11.2. The van der Waals surface area contributed by atoms with Crippen molar-refractivity contribution in [1.29, 1.82) is 0 Å². The van der Waals surface area contributed by atoms with E-state index >= 15 is 0 Å². The van der Waals surface area contributed by atoms with Crippen LogP contribution in [0.15, 0.2) is 162 Å². The van der Waals surface area contributed by atoms with Crippen molar-refractivity contribution in [3.8, 4) is 33.4 Å². The fourth-order valence-electron chi connectivity index (χ4n) is 7.44. The molecule has 0 saturated carbocycles. The summed E-state index contributed by atoms with van der Waals surface area (Å²) in [4.78, 5) is 0. The summed E-state index contributed by atoms with van der Waals surface area (Å²) in [6.45, 7) is 0. The molecule has 2 heterocycles. The Morgan fingerprint density at radius 1 is 0.391 bits per heavy atom. The number of benzene rings is 8. The van der Waals surface area contributed by atoms with E-state index in [-0.39, 0.29) is 0 Å². The van der Waals surface area contributed by atoms with Gasteiger partial charge in [-0.2, -0.15) is 0 Å². The van der Waals surface area contributed by atoms with Crippen molar-refractivity contribution >= 4 is 74.8 Å². The molecule has 10 rings (SSSR count). The molecule has 214 valence electrons. The van der Waals surface area contributed by atoms with Crippen molar-refractivity contribution in [2.45, 2.75) is 0 Å². The summed E-state index contributed by atoms with van der Waals surface area (Å²) in [6, 6.07) is 55.2. The molecule has 0 aliphatic heterocycles. The average Bonchev–Trinajstić information content (AvgIpc) is 3.72. The third-order valence-corrected chi connectivity index (χ3v) is 10.6. The van der Waals surface area contributed by atoms with Crippen LogP contribution in [0.3, 0.4) is 0 Å². The Hall–Kier alpha value is -5.70. The van der Waals surface area contributed by atoms with Gasteiger partial charge in [-0.1, -0.05) is 127 Å². The van der Waals surface area contributed by atoms with Gasteiger partial charge in [0.05, 0.1) is 6.26 Å². The van der Waals surface area contributed by atoms with Crippen LogP contribution in [0.25, 0.3) is 96.8 Å².